The van der Waals surface area contributed by atoms with E-state index in [1.165, 1.54) is 25.4 Å². The molecule has 1 heterocycles. The molecule has 1 amide bonds. The van der Waals surface area contributed by atoms with Gasteiger partial charge in [0, 0.05) is 6.20 Å². The van der Waals surface area contributed by atoms with E-state index >= 15 is 0 Å². The van der Waals surface area contributed by atoms with Gasteiger partial charge in [-0.15, -0.1) is 4.83 Å². The van der Waals surface area contributed by atoms with E-state index in [9.17, 15) is 13.2 Å². The summed E-state index contributed by atoms with van der Waals surface area (Å²) in [4.78, 5) is 17.6. The van der Waals surface area contributed by atoms with Crippen molar-refractivity contribution in [2.24, 2.45) is 0 Å². The number of carbonyl (C=O) groups excluding carboxylic acids is 1. The minimum Gasteiger partial charge on any atom is -0.495 e. The van der Waals surface area contributed by atoms with Crippen molar-refractivity contribution in [2.45, 2.75) is 11.8 Å². The van der Waals surface area contributed by atoms with E-state index in [2.05, 4.69) is 10.4 Å². The highest BCUT2D eigenvalue weighted by atomic mass is 32.2. The third-order valence-corrected chi connectivity index (χ3v) is 4.07. The number of hydrogen-bond acceptors (Lipinski definition) is 5. The molecular formula is C14H15N3O4S. The highest BCUT2D eigenvalue weighted by Gasteiger charge is 2.20. The van der Waals surface area contributed by atoms with Crippen LogP contribution in [0.25, 0.3) is 0 Å². The molecule has 0 aliphatic carbocycles. The average molecular weight is 321 g/mol. The lowest BCUT2D eigenvalue weighted by atomic mass is 10.2. The minimum absolute atomic E-state index is 0.0590. The van der Waals surface area contributed by atoms with Crippen LogP contribution in [0.5, 0.6) is 5.75 Å². The van der Waals surface area contributed by atoms with E-state index in [0.29, 0.717) is 0 Å². The summed E-state index contributed by atoms with van der Waals surface area (Å²) in [7, 11) is -2.59. The smallest absolute Gasteiger partial charge is 0.284 e. The number of pyridine rings is 1. The summed E-state index contributed by atoms with van der Waals surface area (Å²) in [5.74, 6) is -0.471. The first-order valence-corrected chi connectivity index (χ1v) is 7.80. The number of ether oxygens (including phenoxy) is 1. The number of benzene rings is 1. The second-order valence-electron chi connectivity index (χ2n) is 4.43. The zero-order valence-electron chi connectivity index (χ0n) is 12.0. The Bertz CT molecular complexity index is 776. The number of amides is 1. The van der Waals surface area contributed by atoms with Crippen LogP contribution >= 0.6 is 0 Å². The molecule has 0 bridgehead atoms. The Morgan fingerprint density at radius 2 is 2.00 bits per heavy atom. The molecule has 0 aliphatic heterocycles. The van der Waals surface area contributed by atoms with Crippen molar-refractivity contribution in [2.75, 3.05) is 7.11 Å². The lowest BCUT2D eigenvalue weighted by Gasteiger charge is -2.12. The topological polar surface area (TPSA) is 97.4 Å². The molecule has 1 aromatic heterocycles. The van der Waals surface area contributed by atoms with Gasteiger partial charge in [0.05, 0.1) is 7.11 Å². The van der Waals surface area contributed by atoms with Gasteiger partial charge in [-0.2, -0.15) is 0 Å². The molecule has 7 nitrogen and oxygen atoms in total. The van der Waals surface area contributed by atoms with Gasteiger partial charge < -0.3 is 4.74 Å². The van der Waals surface area contributed by atoms with Crippen molar-refractivity contribution in [1.82, 2.24) is 15.2 Å². The molecule has 22 heavy (non-hydrogen) atoms. The van der Waals surface area contributed by atoms with Crippen molar-refractivity contribution in [3.63, 3.8) is 0 Å². The number of aryl methyl sites for hydroxylation is 1. The first-order chi connectivity index (χ1) is 10.4. The van der Waals surface area contributed by atoms with Crippen LogP contribution in [-0.4, -0.2) is 26.4 Å². The van der Waals surface area contributed by atoms with Crippen LogP contribution in [0.3, 0.4) is 0 Å². The number of hydrogen-bond donors (Lipinski definition) is 2. The van der Waals surface area contributed by atoms with Crippen LogP contribution in [-0.2, 0) is 10.0 Å². The highest BCUT2D eigenvalue weighted by molar-refractivity contribution is 7.89. The molecule has 2 rings (SSSR count). The predicted molar refractivity (Wildman–Crippen MR) is 79.8 cm³/mol. The minimum atomic E-state index is -3.96. The number of nitrogens with zero attached hydrogens (tertiary/aromatic N) is 1. The van der Waals surface area contributed by atoms with Gasteiger partial charge in [-0.05, 0) is 36.8 Å². The molecule has 0 unspecified atom stereocenters. The summed E-state index contributed by atoms with van der Waals surface area (Å²) in [6.45, 7) is 1.75. The lowest BCUT2D eigenvalue weighted by molar-refractivity contribution is 0.0940. The number of carbonyl (C=O) groups is 1. The van der Waals surface area contributed by atoms with Crippen molar-refractivity contribution < 1.29 is 17.9 Å². The standard InChI is InChI=1S/C14H15N3O4S/c1-10-6-7-12(21-2)13(9-10)22(19,20)17-16-14(18)11-5-3-4-8-15-11/h3-9,17H,1-2H3,(H,16,18). The van der Waals surface area contributed by atoms with Gasteiger partial charge in [0.1, 0.15) is 16.3 Å². The van der Waals surface area contributed by atoms with E-state index in [0.717, 1.165) is 5.56 Å². The van der Waals surface area contributed by atoms with E-state index < -0.39 is 15.9 Å². The van der Waals surface area contributed by atoms with E-state index in [4.69, 9.17) is 4.74 Å². The van der Waals surface area contributed by atoms with Gasteiger partial charge in [0.15, 0.2) is 0 Å². The molecular weight excluding hydrogens is 306 g/mol. The SMILES string of the molecule is COc1ccc(C)cc1S(=O)(=O)NNC(=O)c1ccccn1. The maximum absolute atomic E-state index is 12.3. The van der Waals surface area contributed by atoms with Gasteiger partial charge in [-0.1, -0.05) is 12.1 Å². The quantitative estimate of drug-likeness (QED) is 0.801. The molecule has 2 aromatic rings. The zero-order valence-corrected chi connectivity index (χ0v) is 12.8. The summed E-state index contributed by atoms with van der Waals surface area (Å²) < 4.78 is 29.6. The predicted octanol–water partition coefficient (Wildman–Crippen LogP) is 1.02. The Balaban J connectivity index is 2.19. The van der Waals surface area contributed by atoms with Crippen molar-refractivity contribution >= 4 is 15.9 Å². The normalized spacial score (nSPS) is 11.0. The zero-order chi connectivity index (χ0) is 16.2. The molecule has 0 saturated carbocycles. The monoisotopic (exact) mass is 321 g/mol. The van der Waals surface area contributed by atoms with Crippen LogP contribution in [0.1, 0.15) is 16.1 Å². The molecule has 8 heteroatoms. The van der Waals surface area contributed by atoms with Gasteiger partial charge in [-0.25, -0.2) is 8.42 Å². The first kappa shape index (κ1) is 15.9. The van der Waals surface area contributed by atoms with E-state index in [-0.39, 0.29) is 16.3 Å². The first-order valence-electron chi connectivity index (χ1n) is 6.32. The number of methoxy groups -OCH3 is 1. The van der Waals surface area contributed by atoms with Crippen molar-refractivity contribution in [3.05, 3.63) is 53.9 Å². The lowest BCUT2D eigenvalue weighted by Crippen LogP contribution is -2.41. The fourth-order valence-corrected chi connectivity index (χ4v) is 2.82. The van der Waals surface area contributed by atoms with Gasteiger partial charge >= 0.3 is 0 Å². The van der Waals surface area contributed by atoms with Crippen LogP contribution in [0.2, 0.25) is 0 Å². The molecule has 0 spiro atoms. The maximum Gasteiger partial charge on any atom is 0.284 e. The second kappa shape index (κ2) is 6.54. The summed E-state index contributed by atoms with van der Waals surface area (Å²) in [5, 5.41) is 0. The molecule has 0 radical (unpaired) electrons. The molecule has 0 fully saturated rings. The average Bonchev–Trinajstić information content (AvgIpc) is 2.53. The second-order valence-corrected chi connectivity index (χ2v) is 6.08. The molecule has 116 valence electrons. The Morgan fingerprint density at radius 1 is 1.23 bits per heavy atom. The molecule has 0 saturated heterocycles. The van der Waals surface area contributed by atoms with E-state index in [1.54, 1.807) is 31.2 Å². The number of aromatic nitrogens is 1. The third kappa shape index (κ3) is 3.60. The Morgan fingerprint density at radius 3 is 2.64 bits per heavy atom. The van der Waals surface area contributed by atoms with Crippen LogP contribution in [0.4, 0.5) is 0 Å². The number of rotatable bonds is 5. The summed E-state index contributed by atoms with van der Waals surface area (Å²) in [5.41, 5.74) is 2.96. The fourth-order valence-electron chi connectivity index (χ4n) is 1.72. The van der Waals surface area contributed by atoms with Crippen LogP contribution in [0, 0.1) is 6.92 Å². The number of hydrazine groups is 1. The number of sulfonamides is 1. The molecule has 0 atom stereocenters. The largest absolute Gasteiger partial charge is 0.495 e. The molecule has 0 aliphatic rings. The van der Waals surface area contributed by atoms with Gasteiger partial charge in [-0.3, -0.25) is 15.2 Å². The van der Waals surface area contributed by atoms with Crippen molar-refractivity contribution in [1.29, 1.82) is 0 Å². The summed E-state index contributed by atoms with van der Waals surface area (Å²) in [6.07, 6.45) is 1.44. The van der Waals surface area contributed by atoms with Crippen LogP contribution in [0.15, 0.2) is 47.5 Å². The van der Waals surface area contributed by atoms with Crippen LogP contribution < -0.4 is 15.0 Å². The van der Waals surface area contributed by atoms with Gasteiger partial charge in [0.25, 0.3) is 15.9 Å². The van der Waals surface area contributed by atoms with Gasteiger partial charge in [0.2, 0.25) is 0 Å². The maximum atomic E-state index is 12.3. The molecule has 2 N–H and O–H groups in total. The third-order valence-electron chi connectivity index (χ3n) is 2.81. The Hall–Kier alpha value is -2.45. The summed E-state index contributed by atoms with van der Waals surface area (Å²) >= 11 is 0. The summed E-state index contributed by atoms with van der Waals surface area (Å²) in [6, 6.07) is 9.47. The van der Waals surface area contributed by atoms with Crippen molar-refractivity contribution in [3.8, 4) is 5.75 Å². The highest BCUT2D eigenvalue weighted by Crippen LogP contribution is 2.24. The molecule has 1 aromatic carbocycles. The Kier molecular flexibility index (Phi) is 4.74. The Labute approximate surface area is 128 Å². The van der Waals surface area contributed by atoms with E-state index in [1.807, 2.05) is 4.83 Å². The fraction of sp³-hybridized carbons (Fsp3) is 0.143. The number of nitrogens with one attached hydrogen (secondary N) is 2.